The molecule has 1 aliphatic rings. The molecule has 20 heavy (non-hydrogen) atoms. The van der Waals surface area contributed by atoms with Crippen LogP contribution in [0.5, 0.6) is 0 Å². The highest BCUT2D eigenvalue weighted by atomic mass is 15.3. The van der Waals surface area contributed by atoms with E-state index >= 15 is 0 Å². The van der Waals surface area contributed by atoms with Crippen molar-refractivity contribution in [3.05, 3.63) is 35.9 Å². The summed E-state index contributed by atoms with van der Waals surface area (Å²) in [5, 5.41) is 0. The third kappa shape index (κ3) is 5.23. The van der Waals surface area contributed by atoms with Gasteiger partial charge in [-0.1, -0.05) is 37.3 Å². The van der Waals surface area contributed by atoms with Crippen LogP contribution in [0.2, 0.25) is 0 Å². The summed E-state index contributed by atoms with van der Waals surface area (Å²) >= 11 is 0. The molecule has 1 aliphatic heterocycles. The molecule has 0 radical (unpaired) electrons. The van der Waals surface area contributed by atoms with E-state index in [1.807, 2.05) is 0 Å². The highest BCUT2D eigenvalue weighted by molar-refractivity contribution is 5.14. The molecule has 0 amide bonds. The molecular weight excluding hydrogens is 246 g/mol. The predicted molar refractivity (Wildman–Crippen MR) is 85.6 cm³/mol. The Morgan fingerprint density at radius 3 is 2.35 bits per heavy atom. The Morgan fingerprint density at radius 2 is 1.70 bits per heavy atom. The quantitative estimate of drug-likeness (QED) is 0.828. The average Bonchev–Trinajstić information content (AvgIpc) is 2.48. The van der Waals surface area contributed by atoms with Crippen LogP contribution in [0.3, 0.4) is 0 Å². The monoisotopic (exact) mass is 275 g/mol. The van der Waals surface area contributed by atoms with Crippen molar-refractivity contribution in [3.8, 4) is 0 Å². The fourth-order valence-corrected chi connectivity index (χ4v) is 2.97. The number of rotatable bonds is 7. The molecule has 1 unspecified atom stereocenters. The first-order chi connectivity index (χ1) is 9.78. The van der Waals surface area contributed by atoms with Gasteiger partial charge in [0.1, 0.15) is 0 Å². The molecular formula is C17H29N3. The van der Waals surface area contributed by atoms with Crippen LogP contribution in [-0.4, -0.2) is 49.1 Å². The number of piperazine rings is 1. The van der Waals surface area contributed by atoms with Gasteiger partial charge in [0.25, 0.3) is 0 Å². The van der Waals surface area contributed by atoms with Gasteiger partial charge in [0, 0.05) is 39.3 Å². The third-order valence-electron chi connectivity index (χ3n) is 4.18. The van der Waals surface area contributed by atoms with Crippen LogP contribution >= 0.6 is 0 Å². The van der Waals surface area contributed by atoms with Crippen LogP contribution in [0.25, 0.3) is 0 Å². The number of hydrogen-bond donors (Lipinski definition) is 1. The van der Waals surface area contributed by atoms with E-state index in [-0.39, 0.29) is 0 Å². The zero-order valence-electron chi connectivity index (χ0n) is 12.8. The molecule has 0 spiro atoms. The second-order valence-corrected chi connectivity index (χ2v) is 6.10. The van der Waals surface area contributed by atoms with Gasteiger partial charge in [-0.25, -0.2) is 0 Å². The van der Waals surface area contributed by atoms with Crippen molar-refractivity contribution in [3.63, 3.8) is 0 Å². The van der Waals surface area contributed by atoms with Crippen LogP contribution in [0.15, 0.2) is 30.3 Å². The van der Waals surface area contributed by atoms with Gasteiger partial charge in [0.15, 0.2) is 0 Å². The van der Waals surface area contributed by atoms with Crippen molar-refractivity contribution in [1.29, 1.82) is 0 Å². The summed E-state index contributed by atoms with van der Waals surface area (Å²) in [5.74, 6) is 0.777. The van der Waals surface area contributed by atoms with Crippen molar-refractivity contribution >= 4 is 0 Å². The zero-order chi connectivity index (χ0) is 14.2. The molecule has 3 nitrogen and oxygen atoms in total. The van der Waals surface area contributed by atoms with Crippen LogP contribution in [0.1, 0.15) is 25.3 Å². The molecule has 1 aromatic rings. The normalized spacial score (nSPS) is 19.1. The van der Waals surface area contributed by atoms with Gasteiger partial charge in [-0.15, -0.1) is 0 Å². The average molecular weight is 275 g/mol. The molecule has 1 fully saturated rings. The number of benzene rings is 1. The fourth-order valence-electron chi connectivity index (χ4n) is 2.97. The van der Waals surface area contributed by atoms with Gasteiger partial charge in [0.05, 0.1) is 0 Å². The molecule has 2 rings (SSSR count). The molecule has 0 aromatic heterocycles. The molecule has 3 heteroatoms. The van der Waals surface area contributed by atoms with Gasteiger partial charge in [-0.2, -0.15) is 0 Å². The smallest absolute Gasteiger partial charge is 0.0234 e. The minimum atomic E-state index is 0.777. The van der Waals surface area contributed by atoms with Gasteiger partial charge < -0.3 is 10.6 Å². The zero-order valence-corrected chi connectivity index (χ0v) is 12.8. The van der Waals surface area contributed by atoms with E-state index in [1.165, 1.54) is 44.7 Å². The molecule has 1 heterocycles. The Labute approximate surface area is 123 Å². The lowest BCUT2D eigenvalue weighted by Crippen LogP contribution is -2.47. The molecule has 1 atom stereocenters. The topological polar surface area (TPSA) is 32.5 Å². The second-order valence-electron chi connectivity index (χ2n) is 6.10. The standard InChI is InChI=1S/C17H29N3/c1-16(6-5-9-18)14-19-10-12-20(13-11-19)15-17-7-3-2-4-8-17/h2-4,7-8,16H,5-6,9-15,18H2,1H3. The highest BCUT2D eigenvalue weighted by Gasteiger charge is 2.18. The molecule has 0 bridgehead atoms. The number of hydrogen-bond acceptors (Lipinski definition) is 3. The summed E-state index contributed by atoms with van der Waals surface area (Å²) in [5.41, 5.74) is 7.01. The minimum Gasteiger partial charge on any atom is -0.330 e. The minimum absolute atomic E-state index is 0.777. The maximum absolute atomic E-state index is 5.58. The largest absolute Gasteiger partial charge is 0.330 e. The molecule has 2 N–H and O–H groups in total. The van der Waals surface area contributed by atoms with Crippen LogP contribution in [0, 0.1) is 5.92 Å². The summed E-state index contributed by atoms with van der Waals surface area (Å²) in [6.45, 7) is 10.3. The Kier molecular flexibility index (Phi) is 6.51. The van der Waals surface area contributed by atoms with Crippen molar-refractivity contribution in [2.75, 3.05) is 39.3 Å². The van der Waals surface area contributed by atoms with Crippen LogP contribution in [0.4, 0.5) is 0 Å². The van der Waals surface area contributed by atoms with Crippen molar-refractivity contribution in [2.24, 2.45) is 11.7 Å². The molecule has 112 valence electrons. The molecule has 0 aliphatic carbocycles. The number of nitrogens with two attached hydrogens (primary N) is 1. The first kappa shape index (κ1) is 15.5. The highest BCUT2D eigenvalue weighted by Crippen LogP contribution is 2.12. The van der Waals surface area contributed by atoms with Crippen molar-refractivity contribution in [2.45, 2.75) is 26.3 Å². The lowest BCUT2D eigenvalue weighted by atomic mass is 10.0. The maximum Gasteiger partial charge on any atom is 0.0234 e. The SMILES string of the molecule is CC(CCCN)CN1CCN(Cc2ccccc2)CC1. The van der Waals surface area contributed by atoms with Gasteiger partial charge >= 0.3 is 0 Å². The maximum atomic E-state index is 5.58. The van der Waals surface area contributed by atoms with Crippen LogP contribution in [-0.2, 0) is 6.54 Å². The summed E-state index contributed by atoms with van der Waals surface area (Å²) in [6, 6.07) is 10.8. The van der Waals surface area contributed by atoms with Crippen LogP contribution < -0.4 is 5.73 Å². The van der Waals surface area contributed by atoms with Gasteiger partial charge in [-0.3, -0.25) is 4.90 Å². The summed E-state index contributed by atoms with van der Waals surface area (Å²) in [7, 11) is 0. The Hall–Kier alpha value is -0.900. The number of nitrogens with zero attached hydrogens (tertiary/aromatic N) is 2. The third-order valence-corrected chi connectivity index (χ3v) is 4.18. The van der Waals surface area contributed by atoms with E-state index in [9.17, 15) is 0 Å². The van der Waals surface area contributed by atoms with E-state index < -0.39 is 0 Å². The first-order valence-electron chi connectivity index (χ1n) is 7.96. The summed E-state index contributed by atoms with van der Waals surface area (Å²) in [6.07, 6.45) is 2.43. The van der Waals surface area contributed by atoms with Gasteiger partial charge in [0.2, 0.25) is 0 Å². The Bertz CT molecular complexity index is 358. The summed E-state index contributed by atoms with van der Waals surface area (Å²) < 4.78 is 0. The lowest BCUT2D eigenvalue weighted by Gasteiger charge is -2.36. The van der Waals surface area contributed by atoms with E-state index in [0.29, 0.717) is 0 Å². The lowest BCUT2D eigenvalue weighted by molar-refractivity contribution is 0.114. The van der Waals surface area contributed by atoms with Crippen molar-refractivity contribution in [1.82, 2.24) is 9.80 Å². The van der Waals surface area contributed by atoms with E-state index in [1.54, 1.807) is 0 Å². The van der Waals surface area contributed by atoms with E-state index in [2.05, 4.69) is 47.1 Å². The van der Waals surface area contributed by atoms with E-state index in [4.69, 9.17) is 5.73 Å². The Morgan fingerprint density at radius 1 is 1.05 bits per heavy atom. The predicted octanol–water partition coefficient (Wildman–Crippen LogP) is 2.18. The molecule has 0 saturated carbocycles. The van der Waals surface area contributed by atoms with E-state index in [0.717, 1.165) is 25.4 Å². The second kappa shape index (κ2) is 8.40. The van der Waals surface area contributed by atoms with Crippen molar-refractivity contribution < 1.29 is 0 Å². The molecule has 1 saturated heterocycles. The summed E-state index contributed by atoms with van der Waals surface area (Å²) in [4.78, 5) is 5.18. The molecule has 1 aromatic carbocycles. The Balaban J connectivity index is 1.67. The fraction of sp³-hybridized carbons (Fsp3) is 0.647. The first-order valence-corrected chi connectivity index (χ1v) is 7.96. The van der Waals surface area contributed by atoms with Gasteiger partial charge in [-0.05, 0) is 30.9 Å².